The fourth-order valence-corrected chi connectivity index (χ4v) is 3.26. The lowest BCUT2D eigenvalue weighted by molar-refractivity contribution is 0.121. The summed E-state index contributed by atoms with van der Waals surface area (Å²) in [4.78, 5) is 17.9. The van der Waals surface area contributed by atoms with E-state index in [1.165, 1.54) is 0 Å². The molecule has 4 rings (SSSR count). The molecule has 0 spiro atoms. The van der Waals surface area contributed by atoms with Crippen molar-refractivity contribution >= 4 is 24.1 Å². The summed E-state index contributed by atoms with van der Waals surface area (Å²) in [5.41, 5.74) is 3.67. The van der Waals surface area contributed by atoms with E-state index in [0.29, 0.717) is 56.6 Å². The van der Waals surface area contributed by atoms with E-state index in [1.807, 2.05) is 6.92 Å². The Morgan fingerprint density at radius 3 is 2.23 bits per heavy atom. The maximum Gasteiger partial charge on any atom is 0.250 e. The van der Waals surface area contributed by atoms with Crippen molar-refractivity contribution in [2.45, 2.75) is 6.92 Å². The fourth-order valence-electron chi connectivity index (χ4n) is 3.26. The molecule has 0 bridgehead atoms. The van der Waals surface area contributed by atoms with E-state index >= 15 is 0 Å². The van der Waals surface area contributed by atoms with Gasteiger partial charge in [-0.15, -0.1) is 0 Å². The van der Waals surface area contributed by atoms with Crippen LogP contribution >= 0.6 is 0 Å². The zero-order chi connectivity index (χ0) is 21.5. The van der Waals surface area contributed by atoms with Crippen molar-refractivity contribution in [3.63, 3.8) is 0 Å². The van der Waals surface area contributed by atoms with Crippen LogP contribution < -0.4 is 20.0 Å². The molecule has 1 aromatic heterocycles. The van der Waals surface area contributed by atoms with Crippen molar-refractivity contribution in [2.24, 2.45) is 5.10 Å². The number of nitrogens with one attached hydrogen (secondary N) is 1. The Morgan fingerprint density at radius 2 is 1.65 bits per heavy atom. The minimum absolute atomic E-state index is 0.0923. The van der Waals surface area contributed by atoms with Crippen molar-refractivity contribution in [3.05, 3.63) is 23.8 Å². The molecule has 0 unspecified atom stereocenters. The molecule has 0 atom stereocenters. The van der Waals surface area contributed by atoms with Gasteiger partial charge < -0.3 is 29.1 Å². The van der Waals surface area contributed by atoms with Gasteiger partial charge in [0.05, 0.1) is 39.2 Å². The molecular formula is C20H27N7O4. The number of hydrogen-bond acceptors (Lipinski definition) is 11. The summed E-state index contributed by atoms with van der Waals surface area (Å²) in [6, 6.07) is 5.03. The summed E-state index contributed by atoms with van der Waals surface area (Å²) >= 11 is 0. The van der Waals surface area contributed by atoms with Crippen LogP contribution in [0, 0.1) is 0 Å². The summed E-state index contributed by atoms with van der Waals surface area (Å²) in [6.45, 7) is 7.79. The molecule has 0 saturated carbocycles. The number of anilines is 3. The molecule has 3 heterocycles. The predicted octanol–water partition coefficient (Wildman–Crippen LogP) is 1.10. The van der Waals surface area contributed by atoms with Crippen molar-refractivity contribution < 1.29 is 19.3 Å². The van der Waals surface area contributed by atoms with Gasteiger partial charge in [-0.1, -0.05) is 0 Å². The maximum atomic E-state index is 9.84. The Balaban J connectivity index is 1.53. The number of ether oxygens (including phenoxy) is 3. The highest BCUT2D eigenvalue weighted by atomic mass is 16.5. The largest absolute Gasteiger partial charge is 0.504 e. The van der Waals surface area contributed by atoms with Crippen molar-refractivity contribution in [2.75, 3.05) is 74.4 Å². The lowest BCUT2D eigenvalue weighted by atomic mass is 10.2. The van der Waals surface area contributed by atoms with Gasteiger partial charge in [-0.05, 0) is 30.7 Å². The van der Waals surface area contributed by atoms with Crippen LogP contribution in [0.25, 0.3) is 0 Å². The molecule has 31 heavy (non-hydrogen) atoms. The van der Waals surface area contributed by atoms with Gasteiger partial charge in [-0.3, -0.25) is 0 Å². The van der Waals surface area contributed by atoms with Crippen LogP contribution in [0.15, 0.2) is 23.3 Å². The Bertz CT molecular complexity index is 863. The summed E-state index contributed by atoms with van der Waals surface area (Å²) < 4.78 is 16.3. The first-order valence-electron chi connectivity index (χ1n) is 10.4. The van der Waals surface area contributed by atoms with Crippen LogP contribution in [0.1, 0.15) is 12.5 Å². The average Bonchev–Trinajstić information content (AvgIpc) is 2.82. The number of nitrogens with zero attached hydrogens (tertiary/aromatic N) is 6. The molecule has 0 radical (unpaired) electrons. The fraction of sp³-hybridized carbons (Fsp3) is 0.500. The number of rotatable bonds is 7. The molecule has 2 fully saturated rings. The molecule has 11 nitrogen and oxygen atoms in total. The van der Waals surface area contributed by atoms with E-state index in [1.54, 1.807) is 24.4 Å². The number of phenols is 1. The number of hydrazone groups is 1. The predicted molar refractivity (Wildman–Crippen MR) is 116 cm³/mol. The quantitative estimate of drug-likeness (QED) is 0.489. The molecule has 0 aliphatic carbocycles. The van der Waals surface area contributed by atoms with E-state index in [2.05, 4.69) is 35.3 Å². The highest BCUT2D eigenvalue weighted by Gasteiger charge is 2.20. The number of aromatic nitrogens is 3. The van der Waals surface area contributed by atoms with E-state index in [-0.39, 0.29) is 5.75 Å². The molecule has 1 aromatic carbocycles. The number of hydrogen-bond donors (Lipinski definition) is 2. The molecule has 2 N–H and O–H groups in total. The average molecular weight is 429 g/mol. The Kier molecular flexibility index (Phi) is 6.95. The summed E-state index contributed by atoms with van der Waals surface area (Å²) in [6.07, 6.45) is 1.62. The van der Waals surface area contributed by atoms with Crippen LogP contribution in [-0.2, 0) is 9.47 Å². The minimum Gasteiger partial charge on any atom is -0.504 e. The van der Waals surface area contributed by atoms with Gasteiger partial charge in [0, 0.05) is 26.2 Å². The Hall–Kier alpha value is -3.18. The summed E-state index contributed by atoms with van der Waals surface area (Å²) in [5, 5.41) is 14.1. The number of phenolic OH excluding ortho intramolecular Hbond substituents is 1. The first kappa shape index (κ1) is 21.1. The monoisotopic (exact) mass is 429 g/mol. The normalized spacial score (nSPS) is 17.2. The van der Waals surface area contributed by atoms with Gasteiger partial charge in [0.2, 0.25) is 17.8 Å². The van der Waals surface area contributed by atoms with Crippen LogP contribution in [-0.4, -0.2) is 85.5 Å². The Morgan fingerprint density at radius 1 is 1.03 bits per heavy atom. The van der Waals surface area contributed by atoms with Gasteiger partial charge in [0.1, 0.15) is 0 Å². The highest BCUT2D eigenvalue weighted by Crippen LogP contribution is 2.26. The van der Waals surface area contributed by atoms with E-state index < -0.39 is 0 Å². The summed E-state index contributed by atoms with van der Waals surface area (Å²) in [7, 11) is 0. The van der Waals surface area contributed by atoms with Crippen LogP contribution in [0.2, 0.25) is 0 Å². The molecule has 166 valence electrons. The highest BCUT2D eigenvalue weighted by molar-refractivity contribution is 5.81. The van der Waals surface area contributed by atoms with E-state index in [4.69, 9.17) is 14.2 Å². The zero-order valence-electron chi connectivity index (χ0n) is 17.5. The first-order valence-corrected chi connectivity index (χ1v) is 10.4. The second kappa shape index (κ2) is 10.2. The van der Waals surface area contributed by atoms with Gasteiger partial charge >= 0.3 is 0 Å². The van der Waals surface area contributed by atoms with Crippen molar-refractivity contribution in [1.29, 1.82) is 0 Å². The maximum absolute atomic E-state index is 9.84. The van der Waals surface area contributed by atoms with E-state index in [0.717, 1.165) is 31.7 Å². The van der Waals surface area contributed by atoms with Crippen LogP contribution in [0.5, 0.6) is 11.5 Å². The second-order valence-electron chi connectivity index (χ2n) is 6.99. The molecule has 2 aromatic rings. The van der Waals surface area contributed by atoms with Gasteiger partial charge in [0.15, 0.2) is 11.5 Å². The smallest absolute Gasteiger partial charge is 0.250 e. The molecular weight excluding hydrogens is 402 g/mol. The summed E-state index contributed by atoms with van der Waals surface area (Å²) in [5.74, 6) is 2.06. The third-order valence-corrected chi connectivity index (χ3v) is 4.86. The third kappa shape index (κ3) is 5.50. The molecule has 0 amide bonds. The molecule has 2 saturated heterocycles. The number of benzene rings is 1. The lowest BCUT2D eigenvalue weighted by Gasteiger charge is -2.30. The van der Waals surface area contributed by atoms with Gasteiger partial charge in [-0.25, -0.2) is 5.43 Å². The van der Waals surface area contributed by atoms with Crippen LogP contribution in [0.3, 0.4) is 0 Å². The van der Waals surface area contributed by atoms with E-state index in [9.17, 15) is 5.11 Å². The van der Waals surface area contributed by atoms with Crippen molar-refractivity contribution in [3.8, 4) is 11.5 Å². The SMILES string of the molecule is CCOc1cc(/C=N/Nc2nc(N3CCOCC3)nc(N3CCOCC3)n2)ccc1O. The van der Waals surface area contributed by atoms with Gasteiger partial charge in [-0.2, -0.15) is 20.1 Å². The third-order valence-electron chi connectivity index (χ3n) is 4.86. The molecule has 2 aliphatic heterocycles. The van der Waals surface area contributed by atoms with Gasteiger partial charge in [0.25, 0.3) is 0 Å². The molecule has 11 heteroatoms. The standard InChI is InChI=1S/C20H27N7O4/c1-2-31-17-13-15(3-4-16(17)28)14-21-25-18-22-19(26-5-9-29-10-6-26)24-20(23-18)27-7-11-30-12-8-27/h3-4,13-14,28H,2,5-12H2,1H3,(H,22,23,24,25)/b21-14+. The zero-order valence-corrected chi connectivity index (χ0v) is 17.5. The topological polar surface area (TPSA) is 117 Å². The van der Waals surface area contributed by atoms with Crippen molar-refractivity contribution in [1.82, 2.24) is 15.0 Å². The lowest BCUT2D eigenvalue weighted by Crippen LogP contribution is -2.40. The van der Waals surface area contributed by atoms with Crippen LogP contribution in [0.4, 0.5) is 17.8 Å². The number of morpholine rings is 2. The Labute approximate surface area is 180 Å². The molecule has 2 aliphatic rings. The number of aromatic hydroxyl groups is 1. The minimum atomic E-state index is 0.0923. The second-order valence-corrected chi connectivity index (χ2v) is 6.99. The first-order chi connectivity index (χ1) is 15.2.